The number of halogens is 1. The lowest BCUT2D eigenvalue weighted by molar-refractivity contribution is -0.00525. The number of morpholine rings is 1. The van der Waals surface area contributed by atoms with Crippen LogP contribution >= 0.6 is 11.6 Å². The van der Waals surface area contributed by atoms with E-state index in [9.17, 15) is 0 Å². The molecule has 2 atom stereocenters. The first-order valence-corrected chi connectivity index (χ1v) is 7.92. The maximum atomic E-state index is 6.48. The Kier molecular flexibility index (Phi) is 4.20. The van der Waals surface area contributed by atoms with Gasteiger partial charge in [0.2, 0.25) is 0 Å². The van der Waals surface area contributed by atoms with Crippen LogP contribution in [-0.4, -0.2) is 31.3 Å². The average Bonchev–Trinajstić information content (AvgIpc) is 3.19. The van der Waals surface area contributed by atoms with Crippen molar-refractivity contribution in [3.63, 3.8) is 0 Å². The van der Waals surface area contributed by atoms with E-state index in [-0.39, 0.29) is 12.2 Å². The van der Waals surface area contributed by atoms with Gasteiger partial charge in [-0.2, -0.15) is 0 Å². The molecule has 1 aromatic rings. The van der Waals surface area contributed by atoms with E-state index in [0.717, 1.165) is 24.7 Å². The Labute approximate surface area is 126 Å². The fourth-order valence-corrected chi connectivity index (χ4v) is 3.27. The molecule has 2 aliphatic rings. The summed E-state index contributed by atoms with van der Waals surface area (Å²) in [6.07, 6.45) is 3.11. The number of anilines is 1. The highest BCUT2D eigenvalue weighted by atomic mass is 35.5. The number of nitrogens with one attached hydrogen (secondary N) is 1. The van der Waals surface area contributed by atoms with Gasteiger partial charge in [-0.05, 0) is 38.3 Å². The molecule has 4 heteroatoms. The van der Waals surface area contributed by atoms with Gasteiger partial charge in [0.05, 0.1) is 22.9 Å². The summed E-state index contributed by atoms with van der Waals surface area (Å²) in [5.74, 6) is 0. The molecule has 0 aromatic heterocycles. The van der Waals surface area contributed by atoms with E-state index >= 15 is 0 Å². The van der Waals surface area contributed by atoms with Crippen molar-refractivity contribution in [2.75, 3.05) is 18.0 Å². The Morgan fingerprint density at radius 2 is 1.95 bits per heavy atom. The highest BCUT2D eigenvalue weighted by Gasteiger charge is 2.26. The molecule has 110 valence electrons. The minimum atomic E-state index is 0.249. The first kappa shape index (κ1) is 14.2. The largest absolute Gasteiger partial charge is 0.372 e. The Balaban J connectivity index is 1.81. The maximum Gasteiger partial charge on any atom is 0.0726 e. The second kappa shape index (κ2) is 5.92. The normalized spacial score (nSPS) is 26.9. The predicted molar refractivity (Wildman–Crippen MR) is 83.5 cm³/mol. The third-order valence-corrected chi connectivity index (χ3v) is 4.27. The van der Waals surface area contributed by atoms with Crippen LogP contribution in [0.3, 0.4) is 0 Å². The van der Waals surface area contributed by atoms with Gasteiger partial charge in [0.25, 0.3) is 0 Å². The van der Waals surface area contributed by atoms with Gasteiger partial charge in [0, 0.05) is 25.7 Å². The molecular weight excluding hydrogens is 272 g/mol. The van der Waals surface area contributed by atoms with E-state index in [0.29, 0.717) is 6.04 Å². The number of hydrogen-bond donors (Lipinski definition) is 1. The van der Waals surface area contributed by atoms with Gasteiger partial charge in [-0.3, -0.25) is 0 Å². The van der Waals surface area contributed by atoms with Crippen molar-refractivity contribution in [3.8, 4) is 0 Å². The third-order valence-electron chi connectivity index (χ3n) is 3.96. The van der Waals surface area contributed by atoms with Crippen LogP contribution in [0.1, 0.15) is 32.3 Å². The number of nitrogens with zero attached hydrogens (tertiary/aromatic N) is 1. The monoisotopic (exact) mass is 294 g/mol. The number of hydrogen-bond acceptors (Lipinski definition) is 3. The van der Waals surface area contributed by atoms with Gasteiger partial charge in [-0.15, -0.1) is 0 Å². The van der Waals surface area contributed by atoms with Crippen LogP contribution in [0, 0.1) is 0 Å². The molecule has 2 fully saturated rings. The van der Waals surface area contributed by atoms with E-state index < -0.39 is 0 Å². The second-order valence-electron chi connectivity index (χ2n) is 6.07. The minimum absolute atomic E-state index is 0.249. The number of benzene rings is 1. The Bertz CT molecular complexity index is 466. The summed E-state index contributed by atoms with van der Waals surface area (Å²) in [7, 11) is 0. The zero-order chi connectivity index (χ0) is 14.1. The summed E-state index contributed by atoms with van der Waals surface area (Å²) >= 11 is 6.48. The molecule has 1 heterocycles. The minimum Gasteiger partial charge on any atom is -0.372 e. The summed E-state index contributed by atoms with van der Waals surface area (Å²) in [5, 5.41) is 4.43. The van der Waals surface area contributed by atoms with Crippen molar-refractivity contribution >= 4 is 17.3 Å². The molecule has 3 rings (SSSR count). The molecule has 1 aromatic carbocycles. The summed E-state index contributed by atoms with van der Waals surface area (Å²) in [6.45, 7) is 6.97. The van der Waals surface area contributed by atoms with Gasteiger partial charge < -0.3 is 15.0 Å². The molecule has 1 N–H and O–H groups in total. The van der Waals surface area contributed by atoms with Crippen molar-refractivity contribution < 1.29 is 4.74 Å². The van der Waals surface area contributed by atoms with Gasteiger partial charge in [-0.1, -0.05) is 23.7 Å². The quantitative estimate of drug-likeness (QED) is 0.923. The average molecular weight is 295 g/mol. The van der Waals surface area contributed by atoms with Crippen molar-refractivity contribution in [1.29, 1.82) is 0 Å². The molecule has 1 aliphatic heterocycles. The van der Waals surface area contributed by atoms with Gasteiger partial charge in [-0.25, -0.2) is 0 Å². The Morgan fingerprint density at radius 3 is 2.60 bits per heavy atom. The molecule has 1 saturated carbocycles. The van der Waals surface area contributed by atoms with Crippen molar-refractivity contribution in [2.45, 2.75) is 51.5 Å². The first-order valence-electron chi connectivity index (χ1n) is 7.54. The molecule has 3 nitrogen and oxygen atoms in total. The van der Waals surface area contributed by atoms with Gasteiger partial charge in [0.15, 0.2) is 0 Å². The predicted octanol–water partition coefficient (Wildman–Crippen LogP) is 3.21. The van der Waals surface area contributed by atoms with E-state index in [1.807, 2.05) is 12.1 Å². The molecule has 0 spiro atoms. The number of para-hydroxylation sites is 1. The summed E-state index contributed by atoms with van der Waals surface area (Å²) in [4.78, 5) is 2.38. The number of ether oxygens (including phenoxy) is 1. The van der Waals surface area contributed by atoms with E-state index in [4.69, 9.17) is 16.3 Å². The van der Waals surface area contributed by atoms with Crippen LogP contribution in [-0.2, 0) is 11.3 Å². The zero-order valence-electron chi connectivity index (χ0n) is 12.2. The molecule has 1 aliphatic carbocycles. The van der Waals surface area contributed by atoms with Crippen LogP contribution < -0.4 is 10.2 Å². The van der Waals surface area contributed by atoms with Crippen LogP contribution in [0.2, 0.25) is 5.02 Å². The van der Waals surface area contributed by atoms with E-state index in [1.54, 1.807) is 0 Å². The Hall–Kier alpha value is -0.770. The van der Waals surface area contributed by atoms with Crippen LogP contribution in [0.15, 0.2) is 18.2 Å². The van der Waals surface area contributed by atoms with Crippen LogP contribution in [0.5, 0.6) is 0 Å². The third kappa shape index (κ3) is 3.27. The smallest absolute Gasteiger partial charge is 0.0726 e. The fraction of sp³-hybridized carbons (Fsp3) is 0.625. The lowest BCUT2D eigenvalue weighted by Gasteiger charge is -2.38. The zero-order valence-corrected chi connectivity index (χ0v) is 13.0. The standard InChI is InChI=1S/C16H23ClN2O/c1-11-9-19(10-12(2)20-11)16-13(4-3-5-15(16)17)8-18-14-6-7-14/h3-5,11-12,14,18H,6-10H2,1-2H3. The molecule has 0 bridgehead atoms. The molecule has 20 heavy (non-hydrogen) atoms. The van der Waals surface area contributed by atoms with Gasteiger partial charge >= 0.3 is 0 Å². The maximum absolute atomic E-state index is 6.48. The van der Waals surface area contributed by atoms with E-state index in [2.05, 4.69) is 30.1 Å². The highest BCUT2D eigenvalue weighted by molar-refractivity contribution is 6.33. The summed E-state index contributed by atoms with van der Waals surface area (Å²) in [6, 6.07) is 6.93. The number of rotatable bonds is 4. The van der Waals surface area contributed by atoms with Crippen molar-refractivity contribution in [1.82, 2.24) is 5.32 Å². The van der Waals surface area contributed by atoms with E-state index in [1.165, 1.54) is 24.1 Å². The van der Waals surface area contributed by atoms with Gasteiger partial charge in [0.1, 0.15) is 0 Å². The second-order valence-corrected chi connectivity index (χ2v) is 6.47. The van der Waals surface area contributed by atoms with Crippen molar-refractivity contribution in [3.05, 3.63) is 28.8 Å². The van der Waals surface area contributed by atoms with Crippen molar-refractivity contribution in [2.24, 2.45) is 0 Å². The topological polar surface area (TPSA) is 24.5 Å². The SMILES string of the molecule is CC1CN(c2c(Cl)cccc2CNC2CC2)CC(C)O1. The fourth-order valence-electron chi connectivity index (χ4n) is 2.96. The summed E-state index contributed by atoms with van der Waals surface area (Å²) < 4.78 is 5.83. The van der Waals surface area contributed by atoms with Crippen LogP contribution in [0.4, 0.5) is 5.69 Å². The summed E-state index contributed by atoms with van der Waals surface area (Å²) in [5.41, 5.74) is 2.48. The molecule has 1 saturated heterocycles. The molecular formula is C16H23ClN2O. The Morgan fingerprint density at radius 1 is 1.25 bits per heavy atom. The molecule has 2 unspecified atom stereocenters. The molecule has 0 amide bonds. The lowest BCUT2D eigenvalue weighted by atomic mass is 10.1. The lowest BCUT2D eigenvalue weighted by Crippen LogP contribution is -2.46. The first-order chi connectivity index (χ1) is 9.63. The molecule has 0 radical (unpaired) electrons. The van der Waals surface area contributed by atoms with Crippen LogP contribution in [0.25, 0.3) is 0 Å². The highest BCUT2D eigenvalue weighted by Crippen LogP contribution is 2.32.